The van der Waals surface area contributed by atoms with Gasteiger partial charge in [-0.1, -0.05) is 43.0 Å². The van der Waals surface area contributed by atoms with Gasteiger partial charge in [-0.25, -0.2) is 0 Å². The molecule has 2 amide bonds. The van der Waals surface area contributed by atoms with E-state index in [0.29, 0.717) is 23.8 Å². The molecule has 0 heterocycles. The number of nitrogens with one attached hydrogen (secondary N) is 1. The first-order valence-electron chi connectivity index (χ1n) is 11.1. The van der Waals surface area contributed by atoms with Crippen LogP contribution in [0.15, 0.2) is 42.5 Å². The lowest BCUT2D eigenvalue weighted by molar-refractivity contribution is -0.384. The minimum absolute atomic E-state index is 0.0339. The van der Waals surface area contributed by atoms with Crippen molar-refractivity contribution in [3.05, 3.63) is 68.7 Å². The molecule has 33 heavy (non-hydrogen) atoms. The predicted molar refractivity (Wildman–Crippen MR) is 129 cm³/mol. The number of nitro groups is 1. The van der Waals surface area contributed by atoms with Gasteiger partial charge in [0.15, 0.2) is 0 Å². The lowest BCUT2D eigenvalue weighted by atomic mass is 9.94. The first kappa shape index (κ1) is 24.7. The van der Waals surface area contributed by atoms with Crippen LogP contribution < -0.4 is 5.32 Å². The van der Waals surface area contributed by atoms with Gasteiger partial charge in [-0.05, 0) is 38.1 Å². The third-order valence-electron chi connectivity index (χ3n) is 6.15. The summed E-state index contributed by atoms with van der Waals surface area (Å²) in [5.74, 6) is -0.743. The molecule has 1 saturated carbocycles. The van der Waals surface area contributed by atoms with Crippen LogP contribution in [-0.2, 0) is 0 Å². The van der Waals surface area contributed by atoms with Crippen LogP contribution in [0.2, 0.25) is 5.02 Å². The van der Waals surface area contributed by atoms with E-state index in [0.717, 1.165) is 12.6 Å². The van der Waals surface area contributed by atoms with Crippen LogP contribution in [0, 0.1) is 10.1 Å². The minimum atomic E-state index is -0.580. The van der Waals surface area contributed by atoms with E-state index in [1.807, 2.05) is 0 Å². The van der Waals surface area contributed by atoms with Crippen molar-refractivity contribution in [3.8, 4) is 0 Å². The summed E-state index contributed by atoms with van der Waals surface area (Å²) >= 11 is 6.08. The van der Waals surface area contributed by atoms with E-state index < -0.39 is 10.8 Å². The summed E-state index contributed by atoms with van der Waals surface area (Å²) in [6, 6.07) is 11.0. The van der Waals surface area contributed by atoms with Gasteiger partial charge in [-0.15, -0.1) is 0 Å². The smallest absolute Gasteiger partial charge is 0.270 e. The second-order valence-corrected chi connectivity index (χ2v) is 8.83. The second-order valence-electron chi connectivity index (χ2n) is 8.42. The number of hydrogen-bond acceptors (Lipinski definition) is 5. The summed E-state index contributed by atoms with van der Waals surface area (Å²) in [4.78, 5) is 40.2. The Morgan fingerprint density at radius 2 is 1.76 bits per heavy atom. The molecule has 0 atom stereocenters. The summed E-state index contributed by atoms with van der Waals surface area (Å²) in [5.41, 5.74) is 0.611. The number of halogens is 1. The van der Waals surface area contributed by atoms with Crippen molar-refractivity contribution in [1.82, 2.24) is 9.80 Å². The Bertz CT molecular complexity index is 1020. The van der Waals surface area contributed by atoms with Crippen molar-refractivity contribution in [1.29, 1.82) is 0 Å². The maximum atomic E-state index is 13.1. The SMILES string of the molecule is CN(CCN(C)C1CCCCC1)C(=O)c1ccccc1NC(=O)c1ccc([N+](=O)[O-])cc1Cl. The van der Waals surface area contributed by atoms with Gasteiger partial charge in [0.2, 0.25) is 0 Å². The molecule has 8 nitrogen and oxygen atoms in total. The van der Waals surface area contributed by atoms with E-state index in [1.54, 1.807) is 36.2 Å². The number of carbonyl (C=O) groups excluding carboxylic acids is 2. The maximum Gasteiger partial charge on any atom is 0.270 e. The fraction of sp³-hybridized carbons (Fsp3) is 0.417. The molecule has 0 bridgehead atoms. The standard InChI is InChI=1S/C24H29ClN4O4/c1-27(17-8-4-3-5-9-17)14-15-28(2)24(31)20-10-6-7-11-22(20)26-23(30)19-13-12-18(29(32)33)16-21(19)25/h6-7,10-13,16-17H,3-5,8-9,14-15H2,1-2H3,(H,26,30). The highest BCUT2D eigenvalue weighted by Gasteiger charge is 2.22. The zero-order valence-corrected chi connectivity index (χ0v) is 19.7. The lowest BCUT2D eigenvalue weighted by Crippen LogP contribution is -2.40. The topological polar surface area (TPSA) is 95.8 Å². The molecule has 2 aromatic carbocycles. The molecule has 1 N–H and O–H groups in total. The normalized spacial score (nSPS) is 14.2. The van der Waals surface area contributed by atoms with E-state index >= 15 is 0 Å². The monoisotopic (exact) mass is 472 g/mol. The number of benzene rings is 2. The first-order valence-corrected chi connectivity index (χ1v) is 11.5. The zero-order valence-electron chi connectivity index (χ0n) is 18.9. The number of likely N-dealkylation sites (N-methyl/N-ethyl adjacent to an activating group) is 2. The Kier molecular flexibility index (Phi) is 8.41. The van der Waals surface area contributed by atoms with Gasteiger partial charge in [0.05, 0.1) is 26.8 Å². The lowest BCUT2D eigenvalue weighted by Gasteiger charge is -2.32. The molecule has 0 spiro atoms. The predicted octanol–water partition coefficient (Wildman–Crippen LogP) is 4.84. The van der Waals surface area contributed by atoms with Gasteiger partial charge >= 0.3 is 0 Å². The third-order valence-corrected chi connectivity index (χ3v) is 6.46. The Hall–Kier alpha value is -2.97. The highest BCUT2D eigenvalue weighted by molar-refractivity contribution is 6.34. The Labute approximate surface area is 198 Å². The molecule has 1 aliphatic rings. The van der Waals surface area contributed by atoms with E-state index in [9.17, 15) is 19.7 Å². The largest absolute Gasteiger partial charge is 0.340 e. The highest BCUT2D eigenvalue weighted by atomic mass is 35.5. The average Bonchev–Trinajstić information content (AvgIpc) is 2.82. The minimum Gasteiger partial charge on any atom is -0.340 e. The number of hydrogen-bond donors (Lipinski definition) is 1. The van der Waals surface area contributed by atoms with Gasteiger partial charge in [0, 0.05) is 38.3 Å². The van der Waals surface area contributed by atoms with Crippen molar-refractivity contribution < 1.29 is 14.5 Å². The van der Waals surface area contributed by atoms with Crippen LogP contribution in [0.1, 0.15) is 52.8 Å². The molecule has 1 fully saturated rings. The summed E-state index contributed by atoms with van der Waals surface area (Å²) in [7, 11) is 3.86. The number of anilines is 1. The van der Waals surface area contributed by atoms with E-state index in [4.69, 9.17) is 11.6 Å². The van der Waals surface area contributed by atoms with Crippen molar-refractivity contribution in [3.63, 3.8) is 0 Å². The van der Waals surface area contributed by atoms with Crippen LogP contribution in [0.5, 0.6) is 0 Å². The van der Waals surface area contributed by atoms with E-state index in [-0.39, 0.29) is 22.2 Å². The van der Waals surface area contributed by atoms with Crippen LogP contribution in [-0.4, -0.2) is 59.8 Å². The summed E-state index contributed by atoms with van der Waals surface area (Å²) in [6.45, 7) is 1.35. The number of nitro benzene ring substituents is 1. The van der Waals surface area contributed by atoms with Crippen molar-refractivity contribution in [2.45, 2.75) is 38.1 Å². The van der Waals surface area contributed by atoms with E-state index in [2.05, 4.69) is 17.3 Å². The molecule has 0 saturated heterocycles. The molecule has 2 aromatic rings. The maximum absolute atomic E-state index is 13.1. The quantitative estimate of drug-likeness (QED) is 0.438. The Morgan fingerprint density at radius 3 is 2.42 bits per heavy atom. The number of amides is 2. The molecular formula is C24H29ClN4O4. The first-order chi connectivity index (χ1) is 15.8. The Balaban J connectivity index is 1.67. The van der Waals surface area contributed by atoms with Crippen molar-refractivity contribution in [2.75, 3.05) is 32.5 Å². The summed E-state index contributed by atoms with van der Waals surface area (Å²) < 4.78 is 0. The molecule has 9 heteroatoms. The molecule has 0 radical (unpaired) electrons. The zero-order chi connectivity index (χ0) is 24.0. The summed E-state index contributed by atoms with van der Waals surface area (Å²) in [6.07, 6.45) is 6.23. The molecule has 0 unspecified atom stereocenters. The van der Waals surface area contributed by atoms with Crippen molar-refractivity contribution in [2.24, 2.45) is 0 Å². The molecule has 0 aromatic heterocycles. The molecule has 3 rings (SSSR count). The van der Waals surface area contributed by atoms with E-state index in [1.165, 1.54) is 44.2 Å². The molecular weight excluding hydrogens is 444 g/mol. The third kappa shape index (κ3) is 6.30. The fourth-order valence-corrected chi connectivity index (χ4v) is 4.35. The molecule has 1 aliphatic carbocycles. The van der Waals surface area contributed by atoms with Gasteiger partial charge in [-0.2, -0.15) is 0 Å². The van der Waals surface area contributed by atoms with Gasteiger partial charge in [-0.3, -0.25) is 19.7 Å². The van der Waals surface area contributed by atoms with Gasteiger partial charge < -0.3 is 15.1 Å². The number of nitrogens with zero attached hydrogens (tertiary/aromatic N) is 3. The second kappa shape index (κ2) is 11.2. The number of non-ortho nitro benzene ring substituents is 1. The van der Waals surface area contributed by atoms with Crippen LogP contribution in [0.25, 0.3) is 0 Å². The molecule has 0 aliphatic heterocycles. The average molecular weight is 473 g/mol. The summed E-state index contributed by atoms with van der Waals surface area (Å²) in [5, 5.41) is 13.6. The van der Waals surface area contributed by atoms with Crippen LogP contribution in [0.4, 0.5) is 11.4 Å². The number of para-hydroxylation sites is 1. The Morgan fingerprint density at radius 1 is 1.06 bits per heavy atom. The molecule has 176 valence electrons. The number of carbonyl (C=O) groups is 2. The van der Waals surface area contributed by atoms with Crippen LogP contribution >= 0.6 is 11.6 Å². The van der Waals surface area contributed by atoms with Gasteiger partial charge in [0.1, 0.15) is 0 Å². The number of rotatable bonds is 8. The van der Waals surface area contributed by atoms with Crippen molar-refractivity contribution >= 4 is 34.8 Å². The van der Waals surface area contributed by atoms with Crippen LogP contribution in [0.3, 0.4) is 0 Å². The fourth-order valence-electron chi connectivity index (χ4n) is 4.09. The highest BCUT2D eigenvalue weighted by Crippen LogP contribution is 2.25. The van der Waals surface area contributed by atoms with Gasteiger partial charge in [0.25, 0.3) is 17.5 Å².